The molecular formula is C14H19NO3. The molecule has 2 atom stereocenters. The first-order valence-electron chi connectivity index (χ1n) is 6.22. The summed E-state index contributed by atoms with van der Waals surface area (Å²) in [6.45, 7) is 3.01. The zero-order valence-electron chi connectivity index (χ0n) is 10.8. The van der Waals surface area contributed by atoms with Crippen LogP contribution in [0, 0.1) is 0 Å². The number of β-amino-alcohol motifs (C(OH)–C–C–N with tert-alkyl or cyclic N) is 1. The van der Waals surface area contributed by atoms with Crippen molar-refractivity contribution in [1.29, 1.82) is 0 Å². The van der Waals surface area contributed by atoms with Gasteiger partial charge >= 0.3 is 0 Å². The van der Waals surface area contributed by atoms with Gasteiger partial charge in [-0.1, -0.05) is 12.1 Å². The number of amides is 1. The molecule has 1 saturated heterocycles. The summed E-state index contributed by atoms with van der Waals surface area (Å²) in [6.07, 6.45) is 0.318. The number of nitrogens with zero attached hydrogens (tertiary/aromatic N) is 1. The van der Waals surface area contributed by atoms with Gasteiger partial charge in [-0.25, -0.2) is 0 Å². The molecule has 0 saturated carbocycles. The lowest BCUT2D eigenvalue weighted by Gasteiger charge is -2.20. The van der Waals surface area contributed by atoms with Crippen LogP contribution in [0.5, 0.6) is 5.75 Å². The number of methoxy groups -OCH3 is 1. The van der Waals surface area contributed by atoms with Gasteiger partial charge in [-0.2, -0.15) is 0 Å². The summed E-state index contributed by atoms with van der Waals surface area (Å²) < 4.78 is 5.09. The van der Waals surface area contributed by atoms with Crippen LogP contribution in [0.15, 0.2) is 24.3 Å². The molecule has 1 heterocycles. The maximum Gasteiger partial charge on any atom is 0.229 e. The van der Waals surface area contributed by atoms with Crippen molar-refractivity contribution >= 4 is 5.91 Å². The Morgan fingerprint density at radius 1 is 1.44 bits per heavy atom. The Morgan fingerprint density at radius 3 is 2.61 bits per heavy atom. The van der Waals surface area contributed by atoms with E-state index in [1.807, 2.05) is 31.2 Å². The van der Waals surface area contributed by atoms with E-state index < -0.39 is 0 Å². The molecule has 4 heteroatoms. The molecule has 1 aliphatic rings. The first kappa shape index (κ1) is 12.9. The van der Waals surface area contributed by atoms with Crippen LogP contribution in [0.3, 0.4) is 0 Å². The predicted octanol–water partition coefficient (Wildman–Crippen LogP) is 1.39. The molecule has 1 amide bonds. The third-order valence-corrected chi connectivity index (χ3v) is 3.46. The third kappa shape index (κ3) is 2.64. The van der Waals surface area contributed by atoms with Crippen LogP contribution in [0.1, 0.15) is 24.8 Å². The van der Waals surface area contributed by atoms with Crippen molar-refractivity contribution in [2.24, 2.45) is 0 Å². The van der Waals surface area contributed by atoms with E-state index in [1.54, 1.807) is 12.0 Å². The van der Waals surface area contributed by atoms with Crippen molar-refractivity contribution in [1.82, 2.24) is 4.90 Å². The number of ether oxygens (including phenoxy) is 1. The van der Waals surface area contributed by atoms with Gasteiger partial charge in [0.2, 0.25) is 5.91 Å². The number of likely N-dealkylation sites (tertiary alicyclic amines) is 1. The molecule has 1 aliphatic heterocycles. The van der Waals surface area contributed by atoms with Crippen molar-refractivity contribution in [2.45, 2.75) is 25.4 Å². The molecule has 1 fully saturated rings. The van der Waals surface area contributed by atoms with Crippen LogP contribution in [0.4, 0.5) is 0 Å². The summed E-state index contributed by atoms with van der Waals surface area (Å²) in [5.74, 6) is 0.688. The number of carbonyl (C=O) groups excluding carboxylic acids is 1. The second-order valence-corrected chi connectivity index (χ2v) is 4.72. The van der Waals surface area contributed by atoms with Crippen molar-refractivity contribution in [3.05, 3.63) is 29.8 Å². The summed E-state index contributed by atoms with van der Waals surface area (Å²) >= 11 is 0. The summed E-state index contributed by atoms with van der Waals surface area (Å²) in [4.78, 5) is 14.0. The molecule has 0 radical (unpaired) electrons. The lowest BCUT2D eigenvalue weighted by molar-refractivity contribution is -0.131. The predicted molar refractivity (Wildman–Crippen MR) is 68.6 cm³/mol. The molecule has 1 N–H and O–H groups in total. The minimum atomic E-state index is -0.364. The second kappa shape index (κ2) is 5.40. The van der Waals surface area contributed by atoms with Crippen molar-refractivity contribution in [2.75, 3.05) is 20.2 Å². The summed E-state index contributed by atoms with van der Waals surface area (Å²) in [6, 6.07) is 7.54. The quantitative estimate of drug-likeness (QED) is 0.880. The summed E-state index contributed by atoms with van der Waals surface area (Å²) in [5.41, 5.74) is 0.974. The van der Waals surface area contributed by atoms with Crippen LogP contribution < -0.4 is 4.74 Å². The van der Waals surface area contributed by atoms with E-state index in [0.717, 1.165) is 11.3 Å². The van der Waals surface area contributed by atoms with Gasteiger partial charge < -0.3 is 14.7 Å². The normalized spacial score (nSPS) is 20.8. The van der Waals surface area contributed by atoms with Gasteiger partial charge in [0.1, 0.15) is 5.75 Å². The molecule has 1 aromatic carbocycles. The number of aliphatic hydroxyl groups excluding tert-OH is 1. The average Bonchev–Trinajstić information content (AvgIpc) is 2.84. The zero-order valence-corrected chi connectivity index (χ0v) is 10.8. The van der Waals surface area contributed by atoms with E-state index in [1.165, 1.54) is 0 Å². The van der Waals surface area contributed by atoms with Crippen LogP contribution in [0.2, 0.25) is 0 Å². The summed E-state index contributed by atoms with van der Waals surface area (Å²) in [7, 11) is 1.62. The second-order valence-electron chi connectivity index (χ2n) is 4.72. The molecule has 98 valence electrons. The van der Waals surface area contributed by atoms with Crippen molar-refractivity contribution in [3.63, 3.8) is 0 Å². The molecular weight excluding hydrogens is 230 g/mol. The highest BCUT2D eigenvalue weighted by Gasteiger charge is 2.28. The molecule has 4 nitrogen and oxygen atoms in total. The minimum Gasteiger partial charge on any atom is -0.497 e. The molecule has 0 spiro atoms. The first-order valence-corrected chi connectivity index (χ1v) is 6.22. The molecule has 1 unspecified atom stereocenters. The lowest BCUT2D eigenvalue weighted by Crippen LogP contribution is -2.32. The Hall–Kier alpha value is -1.55. The van der Waals surface area contributed by atoms with Crippen LogP contribution in [0.25, 0.3) is 0 Å². The Bertz CT molecular complexity index is 416. The van der Waals surface area contributed by atoms with E-state index >= 15 is 0 Å². The Labute approximate surface area is 107 Å². The van der Waals surface area contributed by atoms with Crippen molar-refractivity contribution in [3.8, 4) is 5.75 Å². The molecule has 0 bridgehead atoms. The first-order chi connectivity index (χ1) is 8.61. The fraction of sp³-hybridized carbons (Fsp3) is 0.500. The van der Waals surface area contributed by atoms with Gasteiger partial charge in [-0.05, 0) is 31.0 Å². The van der Waals surface area contributed by atoms with Gasteiger partial charge in [0, 0.05) is 13.1 Å². The number of carbonyl (C=O) groups is 1. The minimum absolute atomic E-state index is 0.0803. The van der Waals surface area contributed by atoms with Gasteiger partial charge in [-0.3, -0.25) is 4.79 Å². The van der Waals surface area contributed by atoms with Gasteiger partial charge in [0.05, 0.1) is 19.1 Å². The maximum absolute atomic E-state index is 12.2. The van der Waals surface area contributed by atoms with Crippen LogP contribution >= 0.6 is 0 Å². The summed E-state index contributed by atoms with van der Waals surface area (Å²) in [5, 5.41) is 9.46. The SMILES string of the molecule is COc1ccc(C(C)C(=O)N2CC[C@H](O)C2)cc1. The number of benzene rings is 1. The number of aliphatic hydroxyl groups is 1. The average molecular weight is 249 g/mol. The van der Waals surface area contributed by atoms with E-state index in [0.29, 0.717) is 19.5 Å². The topological polar surface area (TPSA) is 49.8 Å². The monoisotopic (exact) mass is 249 g/mol. The highest BCUT2D eigenvalue weighted by Crippen LogP contribution is 2.23. The molecule has 18 heavy (non-hydrogen) atoms. The Balaban J connectivity index is 2.05. The van der Waals surface area contributed by atoms with Gasteiger partial charge in [0.25, 0.3) is 0 Å². The van der Waals surface area contributed by atoms with E-state index in [2.05, 4.69) is 0 Å². The van der Waals surface area contributed by atoms with Crippen molar-refractivity contribution < 1.29 is 14.6 Å². The maximum atomic E-state index is 12.2. The van der Waals surface area contributed by atoms with E-state index in [4.69, 9.17) is 4.74 Å². The molecule has 0 aromatic heterocycles. The van der Waals surface area contributed by atoms with Gasteiger partial charge in [-0.15, -0.1) is 0 Å². The molecule has 1 aromatic rings. The van der Waals surface area contributed by atoms with E-state index in [-0.39, 0.29) is 17.9 Å². The molecule has 2 rings (SSSR count). The highest BCUT2D eigenvalue weighted by molar-refractivity contribution is 5.83. The fourth-order valence-electron chi connectivity index (χ4n) is 2.25. The zero-order chi connectivity index (χ0) is 13.1. The number of hydrogen-bond acceptors (Lipinski definition) is 3. The largest absolute Gasteiger partial charge is 0.497 e. The Kier molecular flexibility index (Phi) is 3.87. The highest BCUT2D eigenvalue weighted by atomic mass is 16.5. The van der Waals surface area contributed by atoms with E-state index in [9.17, 15) is 9.90 Å². The third-order valence-electron chi connectivity index (χ3n) is 3.46. The fourth-order valence-corrected chi connectivity index (χ4v) is 2.25. The lowest BCUT2D eigenvalue weighted by atomic mass is 10.00. The number of rotatable bonds is 3. The number of hydrogen-bond donors (Lipinski definition) is 1. The van der Waals surface area contributed by atoms with Crippen LogP contribution in [-0.4, -0.2) is 42.2 Å². The standard InChI is InChI=1S/C14H19NO3/c1-10(11-3-5-13(18-2)6-4-11)14(17)15-8-7-12(16)9-15/h3-6,10,12,16H,7-9H2,1-2H3/t10?,12-/m0/s1. The smallest absolute Gasteiger partial charge is 0.229 e. The van der Waals surface area contributed by atoms with Gasteiger partial charge in [0.15, 0.2) is 0 Å². The molecule has 0 aliphatic carbocycles. The Morgan fingerprint density at radius 2 is 2.11 bits per heavy atom. The van der Waals surface area contributed by atoms with Crippen LogP contribution in [-0.2, 0) is 4.79 Å².